The molecule has 0 amide bonds. The smallest absolute Gasteiger partial charge is 0.335 e. The van der Waals surface area contributed by atoms with E-state index >= 15 is 0 Å². The molecule has 2 atom stereocenters. The maximum Gasteiger partial charge on any atom is 0.335 e. The molecule has 1 N–H and O–H groups in total. The molecule has 1 heterocycles. The second kappa shape index (κ2) is 4.02. The lowest BCUT2D eigenvalue weighted by molar-refractivity contribution is -0.138. The fourth-order valence-electron chi connectivity index (χ4n) is 1.58. The van der Waals surface area contributed by atoms with E-state index in [1.54, 1.807) is 25.3 Å². The first-order chi connectivity index (χ1) is 7.67. The zero-order chi connectivity index (χ0) is 11.7. The number of hydrogen-bond donors (Lipinski definition) is 1. The fraction of sp³-hybridized carbons (Fsp3) is 0.364. The van der Waals surface area contributed by atoms with Gasteiger partial charge >= 0.3 is 5.97 Å². The molecular weight excluding hydrogens is 212 g/mol. The van der Waals surface area contributed by atoms with Crippen LogP contribution in [0.2, 0.25) is 0 Å². The summed E-state index contributed by atoms with van der Waals surface area (Å²) in [4.78, 5) is 10.6. The molecule has 1 aliphatic rings. The minimum Gasteiger partial charge on any atom is -0.493 e. The molecular formula is C11H12O5. The second-order valence-electron chi connectivity index (χ2n) is 3.43. The molecule has 0 spiro atoms. The van der Waals surface area contributed by atoms with Crippen LogP contribution in [0.4, 0.5) is 0 Å². The standard InChI is InChI=1S/C11H12O5/c1-14-7-4-3-6(5-8(7)15-2)9-10(16-9)11(12)13/h3-5,9-10H,1-2H3,(H,12,13)/t9-,10-/m0/s1. The van der Waals surface area contributed by atoms with E-state index in [2.05, 4.69) is 0 Å². The van der Waals surface area contributed by atoms with Crippen LogP contribution >= 0.6 is 0 Å². The largest absolute Gasteiger partial charge is 0.493 e. The van der Waals surface area contributed by atoms with Crippen molar-refractivity contribution >= 4 is 5.97 Å². The minimum atomic E-state index is -0.945. The molecule has 86 valence electrons. The van der Waals surface area contributed by atoms with Gasteiger partial charge in [-0.05, 0) is 17.7 Å². The average molecular weight is 224 g/mol. The Labute approximate surface area is 92.5 Å². The Balaban J connectivity index is 2.21. The molecule has 0 aromatic heterocycles. The highest BCUT2D eigenvalue weighted by Crippen LogP contribution is 2.41. The third-order valence-corrected chi connectivity index (χ3v) is 2.47. The molecule has 1 fully saturated rings. The lowest BCUT2D eigenvalue weighted by Crippen LogP contribution is -2.05. The maximum atomic E-state index is 10.6. The number of rotatable bonds is 4. The van der Waals surface area contributed by atoms with Gasteiger partial charge < -0.3 is 19.3 Å². The van der Waals surface area contributed by atoms with E-state index in [-0.39, 0.29) is 6.10 Å². The van der Waals surface area contributed by atoms with Crippen molar-refractivity contribution in [2.75, 3.05) is 14.2 Å². The van der Waals surface area contributed by atoms with Crippen LogP contribution in [0.5, 0.6) is 11.5 Å². The summed E-state index contributed by atoms with van der Waals surface area (Å²) in [5, 5.41) is 8.73. The first kappa shape index (κ1) is 10.8. The van der Waals surface area contributed by atoms with Gasteiger partial charge in [-0.1, -0.05) is 6.07 Å². The molecule has 16 heavy (non-hydrogen) atoms. The summed E-state index contributed by atoms with van der Waals surface area (Å²) in [5.74, 6) is 0.234. The lowest BCUT2D eigenvalue weighted by atomic mass is 10.1. The first-order valence-electron chi connectivity index (χ1n) is 4.77. The first-order valence-corrected chi connectivity index (χ1v) is 4.77. The van der Waals surface area contributed by atoms with E-state index in [4.69, 9.17) is 19.3 Å². The van der Waals surface area contributed by atoms with Crippen LogP contribution < -0.4 is 9.47 Å². The normalized spacial score (nSPS) is 22.6. The van der Waals surface area contributed by atoms with E-state index in [0.717, 1.165) is 5.56 Å². The SMILES string of the molecule is COc1ccc([C@@H]2O[C@@H]2C(=O)O)cc1OC. The van der Waals surface area contributed by atoms with Crippen LogP contribution in [0, 0.1) is 0 Å². The Morgan fingerprint density at radius 3 is 2.50 bits per heavy atom. The molecule has 0 bridgehead atoms. The van der Waals surface area contributed by atoms with Crippen LogP contribution in [-0.2, 0) is 9.53 Å². The van der Waals surface area contributed by atoms with Gasteiger partial charge in [0.05, 0.1) is 14.2 Å². The predicted molar refractivity (Wildman–Crippen MR) is 54.8 cm³/mol. The van der Waals surface area contributed by atoms with Crippen molar-refractivity contribution < 1.29 is 24.1 Å². The van der Waals surface area contributed by atoms with Crippen LogP contribution in [-0.4, -0.2) is 31.4 Å². The molecule has 1 saturated heterocycles. The van der Waals surface area contributed by atoms with Crippen LogP contribution in [0.3, 0.4) is 0 Å². The number of ether oxygens (including phenoxy) is 3. The van der Waals surface area contributed by atoms with Gasteiger partial charge in [-0.15, -0.1) is 0 Å². The summed E-state index contributed by atoms with van der Waals surface area (Å²) in [6.45, 7) is 0. The van der Waals surface area contributed by atoms with Crippen LogP contribution in [0.15, 0.2) is 18.2 Å². The van der Waals surface area contributed by atoms with Gasteiger partial charge in [0, 0.05) is 0 Å². The summed E-state index contributed by atoms with van der Waals surface area (Å²) in [6.07, 6.45) is -1.12. The van der Waals surface area contributed by atoms with Crippen molar-refractivity contribution in [1.29, 1.82) is 0 Å². The quantitative estimate of drug-likeness (QED) is 0.779. The van der Waals surface area contributed by atoms with Gasteiger partial charge in [0.1, 0.15) is 6.10 Å². The van der Waals surface area contributed by atoms with Gasteiger partial charge in [0.15, 0.2) is 17.6 Å². The van der Waals surface area contributed by atoms with E-state index in [0.29, 0.717) is 11.5 Å². The summed E-state index contributed by atoms with van der Waals surface area (Å²) in [6, 6.07) is 5.23. The van der Waals surface area contributed by atoms with Crippen LogP contribution in [0.25, 0.3) is 0 Å². The Morgan fingerprint density at radius 1 is 1.31 bits per heavy atom. The highest BCUT2D eigenvalue weighted by molar-refractivity contribution is 5.76. The van der Waals surface area contributed by atoms with Gasteiger partial charge in [-0.25, -0.2) is 4.79 Å². The Morgan fingerprint density at radius 2 is 2.00 bits per heavy atom. The minimum absolute atomic E-state index is 0.377. The zero-order valence-electron chi connectivity index (χ0n) is 8.97. The van der Waals surface area contributed by atoms with E-state index in [1.165, 1.54) is 7.11 Å². The number of carbonyl (C=O) groups is 1. The molecule has 1 aromatic carbocycles. The van der Waals surface area contributed by atoms with Crippen molar-refractivity contribution in [1.82, 2.24) is 0 Å². The Bertz CT molecular complexity index is 415. The number of hydrogen-bond acceptors (Lipinski definition) is 4. The Kier molecular flexibility index (Phi) is 2.70. The molecule has 2 rings (SSSR count). The molecule has 0 saturated carbocycles. The average Bonchev–Trinajstić information content (AvgIpc) is 3.08. The molecule has 0 aliphatic carbocycles. The number of carboxylic acid groups (broad SMARTS) is 1. The molecule has 0 radical (unpaired) electrons. The number of epoxide rings is 1. The van der Waals surface area contributed by atoms with Crippen molar-refractivity contribution in [3.63, 3.8) is 0 Å². The van der Waals surface area contributed by atoms with Crippen molar-refractivity contribution in [2.24, 2.45) is 0 Å². The Hall–Kier alpha value is -1.75. The van der Waals surface area contributed by atoms with Crippen molar-refractivity contribution in [3.05, 3.63) is 23.8 Å². The zero-order valence-corrected chi connectivity index (χ0v) is 8.97. The van der Waals surface area contributed by atoms with Gasteiger partial charge in [0.2, 0.25) is 0 Å². The van der Waals surface area contributed by atoms with Crippen molar-refractivity contribution in [2.45, 2.75) is 12.2 Å². The second-order valence-corrected chi connectivity index (χ2v) is 3.43. The number of carboxylic acids is 1. The molecule has 5 nitrogen and oxygen atoms in total. The highest BCUT2D eigenvalue weighted by atomic mass is 16.6. The summed E-state index contributed by atoms with van der Waals surface area (Å²) < 4.78 is 15.2. The summed E-state index contributed by atoms with van der Waals surface area (Å²) in [7, 11) is 3.08. The van der Waals surface area contributed by atoms with E-state index in [1.807, 2.05) is 0 Å². The van der Waals surface area contributed by atoms with Crippen LogP contribution in [0.1, 0.15) is 11.7 Å². The summed E-state index contributed by atoms with van der Waals surface area (Å²) in [5.41, 5.74) is 0.782. The van der Waals surface area contributed by atoms with E-state index in [9.17, 15) is 4.79 Å². The molecule has 1 aliphatic heterocycles. The van der Waals surface area contributed by atoms with E-state index < -0.39 is 12.1 Å². The third kappa shape index (κ3) is 1.81. The van der Waals surface area contributed by atoms with Gasteiger partial charge in [0.25, 0.3) is 0 Å². The number of aliphatic carboxylic acids is 1. The molecule has 1 aromatic rings. The van der Waals surface area contributed by atoms with Crippen molar-refractivity contribution in [3.8, 4) is 11.5 Å². The predicted octanol–water partition coefficient (Wildman–Crippen LogP) is 1.23. The number of methoxy groups -OCH3 is 2. The van der Waals surface area contributed by atoms with Gasteiger partial charge in [-0.2, -0.15) is 0 Å². The number of benzene rings is 1. The monoisotopic (exact) mass is 224 g/mol. The lowest BCUT2D eigenvalue weighted by Gasteiger charge is -2.08. The topological polar surface area (TPSA) is 68.3 Å². The van der Waals surface area contributed by atoms with Gasteiger partial charge in [-0.3, -0.25) is 0 Å². The third-order valence-electron chi connectivity index (χ3n) is 2.47. The molecule has 0 unspecified atom stereocenters. The highest BCUT2D eigenvalue weighted by Gasteiger charge is 2.46. The fourth-order valence-corrected chi connectivity index (χ4v) is 1.58. The maximum absolute atomic E-state index is 10.6. The molecule has 5 heteroatoms. The summed E-state index contributed by atoms with van der Waals surface area (Å²) >= 11 is 0.